The van der Waals surface area contributed by atoms with Crippen LogP contribution in [0.5, 0.6) is 0 Å². The molecule has 0 aliphatic heterocycles. The smallest absolute Gasteiger partial charge is 0.271 e. The summed E-state index contributed by atoms with van der Waals surface area (Å²) in [7, 11) is 0. The molecule has 0 fully saturated rings. The molecular weight excluding hydrogens is 634 g/mol. The van der Waals surface area contributed by atoms with Gasteiger partial charge in [-0.25, -0.2) is 14.4 Å². The van der Waals surface area contributed by atoms with Crippen LogP contribution in [-0.4, -0.2) is 24.0 Å². The molecule has 3 heterocycles. The Labute approximate surface area is 279 Å². The largest absolute Gasteiger partial charge is 0.296 e. The van der Waals surface area contributed by atoms with Crippen LogP contribution in [0.25, 0.3) is 32.6 Å². The van der Waals surface area contributed by atoms with Gasteiger partial charge in [0.1, 0.15) is 16.5 Å². The molecule has 1 aliphatic rings. The number of thioether (sulfide) groups is 1. The molecule has 3 aromatic carbocycles. The molecule has 47 heavy (non-hydrogen) atoms. The first kappa shape index (κ1) is 31.3. The summed E-state index contributed by atoms with van der Waals surface area (Å²) in [5.74, 6) is 1.07. The number of non-ortho nitro benzene ring substituents is 1. The van der Waals surface area contributed by atoms with Crippen molar-refractivity contribution in [2.24, 2.45) is 11.3 Å². The molecule has 0 bridgehead atoms. The van der Waals surface area contributed by atoms with Gasteiger partial charge in [0.05, 0.1) is 32.8 Å². The Morgan fingerprint density at radius 2 is 1.77 bits per heavy atom. The van der Waals surface area contributed by atoms with E-state index in [2.05, 4.69) is 20.8 Å². The molecule has 0 N–H and O–H groups in total. The van der Waals surface area contributed by atoms with Crippen LogP contribution in [0.4, 0.5) is 10.1 Å². The van der Waals surface area contributed by atoms with E-state index in [-0.39, 0.29) is 22.5 Å². The van der Waals surface area contributed by atoms with E-state index in [1.807, 2.05) is 36.6 Å². The Balaban J connectivity index is 1.39. The molecule has 240 valence electrons. The number of fused-ring (bicyclic) bond motifs is 4. The molecule has 0 saturated heterocycles. The number of rotatable bonds is 6. The Morgan fingerprint density at radius 3 is 2.45 bits per heavy atom. The molecule has 8 nitrogen and oxygen atoms in total. The number of thiophene rings is 1. The molecule has 0 radical (unpaired) electrons. The first-order valence-corrected chi connectivity index (χ1v) is 17.4. The van der Waals surface area contributed by atoms with Gasteiger partial charge in [-0.1, -0.05) is 50.7 Å². The van der Waals surface area contributed by atoms with Crippen LogP contribution < -0.4 is 5.56 Å². The Hall–Kier alpha value is -4.35. The second-order valence-corrected chi connectivity index (χ2v) is 15.3. The van der Waals surface area contributed by atoms with Crippen molar-refractivity contribution in [3.63, 3.8) is 0 Å². The summed E-state index contributed by atoms with van der Waals surface area (Å²) in [6.07, 6.45) is 2.85. The van der Waals surface area contributed by atoms with Crippen LogP contribution >= 0.6 is 23.1 Å². The van der Waals surface area contributed by atoms with Crippen molar-refractivity contribution in [2.75, 3.05) is 0 Å². The van der Waals surface area contributed by atoms with Gasteiger partial charge in [0.2, 0.25) is 0 Å². The highest BCUT2D eigenvalue weighted by Crippen LogP contribution is 2.43. The summed E-state index contributed by atoms with van der Waals surface area (Å²) in [5.41, 5.74) is 5.73. The summed E-state index contributed by atoms with van der Waals surface area (Å²) in [5, 5.41) is 12.8. The van der Waals surface area contributed by atoms with Gasteiger partial charge in [0.15, 0.2) is 5.16 Å². The maximum absolute atomic E-state index is 14.6. The molecule has 0 saturated carbocycles. The molecule has 1 unspecified atom stereocenters. The summed E-state index contributed by atoms with van der Waals surface area (Å²) < 4.78 is 17.5. The second-order valence-electron chi connectivity index (χ2n) is 13.3. The fraction of sp³-hybridized carbons (Fsp3) is 0.306. The molecule has 7 rings (SSSR count). The van der Waals surface area contributed by atoms with Crippen LogP contribution in [0.1, 0.15) is 54.6 Å². The van der Waals surface area contributed by atoms with E-state index >= 15 is 0 Å². The zero-order valence-corrected chi connectivity index (χ0v) is 28.5. The second kappa shape index (κ2) is 11.7. The van der Waals surface area contributed by atoms with Gasteiger partial charge >= 0.3 is 0 Å². The molecule has 1 aliphatic carbocycles. The summed E-state index contributed by atoms with van der Waals surface area (Å²) in [6.45, 7) is 10.9. The summed E-state index contributed by atoms with van der Waals surface area (Å²) >= 11 is 3.03. The van der Waals surface area contributed by atoms with Crippen molar-refractivity contribution in [3.8, 4) is 11.4 Å². The number of benzene rings is 3. The molecule has 6 aromatic rings. The van der Waals surface area contributed by atoms with Gasteiger partial charge in [-0.2, -0.15) is 0 Å². The molecular formula is C36H34FN5O3S2. The number of nitrogens with zero attached hydrogens (tertiary/aromatic N) is 5. The van der Waals surface area contributed by atoms with E-state index in [0.29, 0.717) is 39.4 Å². The number of aryl methyl sites for hydroxylation is 3. The lowest BCUT2D eigenvalue weighted by Gasteiger charge is -2.33. The number of halogens is 1. The predicted molar refractivity (Wildman–Crippen MR) is 187 cm³/mol. The fourth-order valence-corrected chi connectivity index (χ4v) is 8.99. The highest BCUT2D eigenvalue weighted by Gasteiger charge is 2.32. The zero-order valence-electron chi connectivity index (χ0n) is 26.8. The maximum atomic E-state index is 14.6. The van der Waals surface area contributed by atoms with Gasteiger partial charge in [0.25, 0.3) is 11.2 Å². The molecule has 11 heteroatoms. The van der Waals surface area contributed by atoms with E-state index < -0.39 is 4.92 Å². The van der Waals surface area contributed by atoms with E-state index in [4.69, 9.17) is 9.97 Å². The van der Waals surface area contributed by atoms with Crippen LogP contribution in [0.3, 0.4) is 0 Å². The Morgan fingerprint density at radius 1 is 1.04 bits per heavy atom. The number of aromatic nitrogens is 4. The van der Waals surface area contributed by atoms with Crippen molar-refractivity contribution in [3.05, 3.63) is 114 Å². The van der Waals surface area contributed by atoms with E-state index in [0.717, 1.165) is 51.9 Å². The average Bonchev–Trinajstić information content (AvgIpc) is 3.58. The van der Waals surface area contributed by atoms with Crippen molar-refractivity contribution in [1.29, 1.82) is 0 Å². The van der Waals surface area contributed by atoms with Gasteiger partial charge in [-0.15, -0.1) is 11.3 Å². The number of imidazole rings is 1. The first-order chi connectivity index (χ1) is 22.4. The predicted octanol–water partition coefficient (Wildman–Crippen LogP) is 8.89. The zero-order chi connectivity index (χ0) is 33.2. The van der Waals surface area contributed by atoms with Gasteiger partial charge in [-0.3, -0.25) is 24.0 Å². The standard InChI is InChI=1S/C36H34FN5O3S2/c1-20-7-6-8-21(2)32(20)41-34(43)31-26-15-9-22(36(3,4)5)17-29(26)47-33(31)39-35(41)46-19-30-38-27-18-25(42(44)45)14-16-28(27)40(30)24-12-10-23(37)11-13-24/h6-8,10-14,16,18,22H,9,15,17,19H2,1-5H3. The van der Waals surface area contributed by atoms with Crippen LogP contribution in [-0.2, 0) is 18.6 Å². The normalized spacial score (nSPS) is 15.0. The Kier molecular flexibility index (Phi) is 7.79. The van der Waals surface area contributed by atoms with Gasteiger partial charge < -0.3 is 0 Å². The number of para-hydroxylation sites is 1. The lowest BCUT2D eigenvalue weighted by atomic mass is 9.72. The molecule has 3 aromatic heterocycles. The minimum Gasteiger partial charge on any atom is -0.296 e. The third kappa shape index (κ3) is 5.55. The molecule has 0 amide bonds. The van der Waals surface area contributed by atoms with Gasteiger partial charge in [0, 0.05) is 22.7 Å². The third-order valence-corrected chi connectivity index (χ3v) is 11.4. The highest BCUT2D eigenvalue weighted by molar-refractivity contribution is 7.98. The van der Waals surface area contributed by atoms with E-state index in [1.54, 1.807) is 34.1 Å². The maximum Gasteiger partial charge on any atom is 0.271 e. The lowest BCUT2D eigenvalue weighted by Crippen LogP contribution is -2.27. The minimum atomic E-state index is -0.447. The summed E-state index contributed by atoms with van der Waals surface area (Å²) in [4.78, 5) is 37.7. The fourth-order valence-electron chi connectivity index (χ4n) is 6.73. The molecule has 0 spiro atoms. The van der Waals surface area contributed by atoms with Crippen LogP contribution in [0.15, 0.2) is 70.6 Å². The molecule has 1 atom stereocenters. The van der Waals surface area contributed by atoms with Crippen molar-refractivity contribution in [1.82, 2.24) is 19.1 Å². The topological polar surface area (TPSA) is 95.8 Å². The van der Waals surface area contributed by atoms with Crippen molar-refractivity contribution >= 4 is 50.0 Å². The number of hydrogen-bond donors (Lipinski definition) is 0. The lowest BCUT2D eigenvalue weighted by molar-refractivity contribution is -0.384. The first-order valence-electron chi connectivity index (χ1n) is 15.6. The highest BCUT2D eigenvalue weighted by atomic mass is 32.2. The minimum absolute atomic E-state index is 0.0631. The van der Waals surface area contributed by atoms with E-state index in [1.165, 1.54) is 40.9 Å². The third-order valence-electron chi connectivity index (χ3n) is 9.27. The number of nitro groups is 1. The van der Waals surface area contributed by atoms with Crippen molar-refractivity contribution < 1.29 is 9.31 Å². The monoisotopic (exact) mass is 667 g/mol. The number of hydrogen-bond acceptors (Lipinski definition) is 7. The van der Waals surface area contributed by atoms with Crippen molar-refractivity contribution in [2.45, 2.75) is 64.8 Å². The SMILES string of the molecule is Cc1cccc(C)c1-n1c(SCc2nc3cc([N+](=O)[O-])ccc3n2-c2ccc(F)cc2)nc2sc3c(c2c1=O)CCC(C(C)(C)C)C3. The van der Waals surface area contributed by atoms with Crippen LogP contribution in [0, 0.1) is 41.1 Å². The van der Waals surface area contributed by atoms with E-state index in [9.17, 15) is 19.3 Å². The van der Waals surface area contributed by atoms with Gasteiger partial charge in [-0.05, 0) is 91.5 Å². The van der Waals surface area contributed by atoms with Crippen LogP contribution in [0.2, 0.25) is 0 Å². The quantitative estimate of drug-likeness (QED) is 0.0762. The average molecular weight is 668 g/mol. The Bertz CT molecular complexity index is 2240. The number of nitro benzene ring substituents is 1. The summed E-state index contributed by atoms with van der Waals surface area (Å²) in [6, 6.07) is 16.6.